The van der Waals surface area contributed by atoms with Gasteiger partial charge in [0.2, 0.25) is 5.91 Å². The van der Waals surface area contributed by atoms with Crippen LogP contribution in [0, 0.1) is 6.92 Å². The second-order valence-electron chi connectivity index (χ2n) is 6.47. The Bertz CT molecular complexity index is 870. The molecule has 1 heterocycles. The van der Waals surface area contributed by atoms with Crippen molar-refractivity contribution in [3.05, 3.63) is 66.4 Å². The fraction of sp³-hybridized carbons (Fsp3) is 0.238. The van der Waals surface area contributed by atoms with Gasteiger partial charge in [-0.25, -0.2) is 4.98 Å². The number of imidazole rings is 1. The van der Waals surface area contributed by atoms with Gasteiger partial charge in [0.15, 0.2) is 5.16 Å². The summed E-state index contributed by atoms with van der Waals surface area (Å²) in [7, 11) is 0. The highest BCUT2D eigenvalue weighted by atomic mass is 32.2. The molecule has 26 heavy (non-hydrogen) atoms. The molecule has 134 valence electrons. The zero-order chi connectivity index (χ0) is 18.5. The number of thioether (sulfide) groups is 1. The van der Waals surface area contributed by atoms with E-state index in [1.807, 2.05) is 38.2 Å². The van der Waals surface area contributed by atoms with Crippen LogP contribution in [0.25, 0.3) is 16.9 Å². The van der Waals surface area contributed by atoms with Crippen molar-refractivity contribution in [1.82, 2.24) is 14.9 Å². The number of hydrogen-bond acceptors (Lipinski definition) is 3. The van der Waals surface area contributed by atoms with Gasteiger partial charge in [0, 0.05) is 17.3 Å². The van der Waals surface area contributed by atoms with Crippen molar-refractivity contribution in [2.75, 3.05) is 5.75 Å². The molecule has 3 rings (SSSR count). The van der Waals surface area contributed by atoms with E-state index in [0.717, 1.165) is 22.1 Å². The van der Waals surface area contributed by atoms with Crippen molar-refractivity contribution < 1.29 is 4.79 Å². The van der Waals surface area contributed by atoms with E-state index in [4.69, 9.17) is 0 Å². The van der Waals surface area contributed by atoms with Crippen LogP contribution in [0.1, 0.15) is 19.4 Å². The van der Waals surface area contributed by atoms with Gasteiger partial charge in [-0.1, -0.05) is 59.8 Å². The van der Waals surface area contributed by atoms with Gasteiger partial charge in [-0.05, 0) is 32.9 Å². The highest BCUT2D eigenvalue weighted by molar-refractivity contribution is 7.99. The van der Waals surface area contributed by atoms with E-state index in [1.54, 1.807) is 0 Å². The Morgan fingerprint density at radius 1 is 1.12 bits per heavy atom. The maximum absolute atomic E-state index is 12.0. The zero-order valence-corrected chi connectivity index (χ0v) is 16.1. The number of hydrogen-bond donors (Lipinski definition) is 1. The van der Waals surface area contributed by atoms with Gasteiger partial charge in [-0.15, -0.1) is 0 Å². The highest BCUT2D eigenvalue weighted by Gasteiger charge is 2.15. The number of carbonyl (C=O) groups is 1. The Labute approximate surface area is 158 Å². The maximum Gasteiger partial charge on any atom is 0.230 e. The molecule has 2 aromatic carbocycles. The molecule has 0 saturated carbocycles. The fourth-order valence-electron chi connectivity index (χ4n) is 2.69. The number of nitrogens with one attached hydrogen (secondary N) is 1. The minimum atomic E-state index is 0.0183. The van der Waals surface area contributed by atoms with Crippen molar-refractivity contribution in [1.29, 1.82) is 0 Å². The lowest BCUT2D eigenvalue weighted by Gasteiger charge is -2.13. The topological polar surface area (TPSA) is 46.9 Å². The molecule has 1 aromatic heterocycles. The maximum atomic E-state index is 12.0. The molecule has 3 aromatic rings. The second kappa shape index (κ2) is 8.23. The molecule has 0 bridgehead atoms. The van der Waals surface area contributed by atoms with Crippen LogP contribution in [0.15, 0.2) is 66.0 Å². The summed E-state index contributed by atoms with van der Waals surface area (Å²) in [6.45, 7) is 5.99. The molecule has 5 heteroatoms. The van der Waals surface area contributed by atoms with Crippen LogP contribution in [-0.2, 0) is 4.79 Å². The van der Waals surface area contributed by atoms with E-state index in [1.165, 1.54) is 17.3 Å². The summed E-state index contributed by atoms with van der Waals surface area (Å²) in [5.41, 5.74) is 4.36. The molecule has 0 aliphatic rings. The Balaban J connectivity index is 1.95. The van der Waals surface area contributed by atoms with Gasteiger partial charge in [0.1, 0.15) is 0 Å². The Morgan fingerprint density at radius 3 is 2.46 bits per heavy atom. The number of rotatable bonds is 6. The van der Waals surface area contributed by atoms with E-state index in [2.05, 4.69) is 58.2 Å². The lowest BCUT2D eigenvalue weighted by Crippen LogP contribution is -2.31. The zero-order valence-electron chi connectivity index (χ0n) is 15.3. The lowest BCUT2D eigenvalue weighted by molar-refractivity contribution is -0.119. The summed E-state index contributed by atoms with van der Waals surface area (Å²) >= 11 is 1.45. The summed E-state index contributed by atoms with van der Waals surface area (Å²) in [5, 5.41) is 3.73. The third-order valence-corrected chi connectivity index (χ3v) is 4.83. The van der Waals surface area contributed by atoms with Crippen LogP contribution in [0.4, 0.5) is 0 Å². The van der Waals surface area contributed by atoms with Crippen LogP contribution >= 0.6 is 11.8 Å². The molecule has 0 atom stereocenters. The molecule has 0 spiro atoms. The van der Waals surface area contributed by atoms with Crippen molar-refractivity contribution in [2.45, 2.75) is 32.0 Å². The van der Waals surface area contributed by atoms with Crippen LogP contribution in [-0.4, -0.2) is 27.3 Å². The predicted octanol–water partition coefficient (Wildman–Crippen LogP) is 4.46. The lowest BCUT2D eigenvalue weighted by atomic mass is 10.1. The number of nitrogens with zero attached hydrogens (tertiary/aromatic N) is 2. The van der Waals surface area contributed by atoms with Crippen LogP contribution in [0.2, 0.25) is 0 Å². The third-order valence-electron chi connectivity index (χ3n) is 3.87. The third kappa shape index (κ3) is 4.35. The molecule has 4 nitrogen and oxygen atoms in total. The second-order valence-corrected chi connectivity index (χ2v) is 7.42. The van der Waals surface area contributed by atoms with Crippen molar-refractivity contribution in [3.63, 3.8) is 0 Å². The summed E-state index contributed by atoms with van der Waals surface area (Å²) in [6, 6.07) is 18.7. The summed E-state index contributed by atoms with van der Waals surface area (Å²) in [5.74, 6) is 0.361. The standard InChI is InChI=1S/C21H23N3OS/c1-15(2)23-20(25)14-26-21-22-13-19(17-7-5-4-6-8-17)24(21)18-11-9-16(3)10-12-18/h4-13,15H,14H2,1-3H3,(H,23,25). The molecular formula is C21H23N3OS. The van der Waals surface area contributed by atoms with Gasteiger partial charge in [0.05, 0.1) is 17.6 Å². The van der Waals surface area contributed by atoms with E-state index in [9.17, 15) is 4.79 Å². The van der Waals surface area contributed by atoms with Crippen molar-refractivity contribution in [3.8, 4) is 16.9 Å². The number of benzene rings is 2. The molecule has 0 saturated heterocycles. The van der Waals surface area contributed by atoms with E-state index < -0.39 is 0 Å². The molecule has 0 unspecified atom stereocenters. The van der Waals surface area contributed by atoms with E-state index >= 15 is 0 Å². The van der Waals surface area contributed by atoms with E-state index in [-0.39, 0.29) is 11.9 Å². The minimum Gasteiger partial charge on any atom is -0.353 e. The van der Waals surface area contributed by atoms with Gasteiger partial charge >= 0.3 is 0 Å². The first-order chi connectivity index (χ1) is 12.5. The van der Waals surface area contributed by atoms with Crippen LogP contribution in [0.3, 0.4) is 0 Å². The quantitative estimate of drug-likeness (QED) is 0.656. The molecule has 1 N–H and O–H groups in total. The Morgan fingerprint density at radius 2 is 1.81 bits per heavy atom. The molecule has 1 amide bonds. The minimum absolute atomic E-state index is 0.0183. The number of carbonyl (C=O) groups excluding carboxylic acids is 1. The molecule has 0 aliphatic carbocycles. The van der Waals surface area contributed by atoms with E-state index in [0.29, 0.717) is 5.75 Å². The van der Waals surface area contributed by atoms with Gasteiger partial charge in [-0.2, -0.15) is 0 Å². The van der Waals surface area contributed by atoms with Gasteiger partial charge < -0.3 is 5.32 Å². The fourth-order valence-corrected chi connectivity index (χ4v) is 3.49. The van der Waals surface area contributed by atoms with Crippen molar-refractivity contribution in [2.24, 2.45) is 0 Å². The van der Waals surface area contributed by atoms with Gasteiger partial charge in [0.25, 0.3) is 0 Å². The Hall–Kier alpha value is -2.53. The molecule has 0 fully saturated rings. The number of aromatic nitrogens is 2. The van der Waals surface area contributed by atoms with Gasteiger partial charge in [-0.3, -0.25) is 9.36 Å². The number of aryl methyl sites for hydroxylation is 1. The normalized spacial score (nSPS) is 10.9. The Kier molecular flexibility index (Phi) is 5.78. The first-order valence-corrected chi connectivity index (χ1v) is 9.65. The first-order valence-electron chi connectivity index (χ1n) is 8.67. The number of amides is 1. The molecule has 0 aliphatic heterocycles. The SMILES string of the molecule is Cc1ccc(-n2c(-c3ccccc3)cnc2SCC(=O)NC(C)C)cc1. The molecular weight excluding hydrogens is 342 g/mol. The smallest absolute Gasteiger partial charge is 0.230 e. The summed E-state index contributed by atoms with van der Waals surface area (Å²) < 4.78 is 2.11. The highest BCUT2D eigenvalue weighted by Crippen LogP contribution is 2.29. The largest absolute Gasteiger partial charge is 0.353 e. The average molecular weight is 366 g/mol. The summed E-state index contributed by atoms with van der Waals surface area (Å²) in [6.07, 6.45) is 1.87. The molecule has 0 radical (unpaired) electrons. The average Bonchev–Trinajstić information content (AvgIpc) is 3.05. The predicted molar refractivity (Wildman–Crippen MR) is 108 cm³/mol. The first kappa shape index (κ1) is 18.3. The monoisotopic (exact) mass is 365 g/mol. The van der Waals surface area contributed by atoms with Crippen LogP contribution < -0.4 is 5.32 Å². The van der Waals surface area contributed by atoms with Crippen molar-refractivity contribution >= 4 is 17.7 Å². The van der Waals surface area contributed by atoms with Crippen LogP contribution in [0.5, 0.6) is 0 Å². The summed E-state index contributed by atoms with van der Waals surface area (Å²) in [4.78, 5) is 16.6.